The molecule has 4 heteroatoms. The van der Waals surface area contributed by atoms with Gasteiger partial charge in [0.1, 0.15) is 0 Å². The Morgan fingerprint density at radius 1 is 1.26 bits per heavy atom. The number of carbonyl (C=O) groups excluding carboxylic acids is 1. The van der Waals surface area contributed by atoms with Gasteiger partial charge in [0, 0.05) is 13.3 Å². The van der Waals surface area contributed by atoms with Crippen LogP contribution in [0.2, 0.25) is 24.7 Å². The van der Waals surface area contributed by atoms with Gasteiger partial charge in [-0.1, -0.05) is 32.5 Å². The number of hydrogen-bond acceptors (Lipinski definition) is 3. The van der Waals surface area contributed by atoms with Crippen LogP contribution >= 0.6 is 0 Å². The van der Waals surface area contributed by atoms with Gasteiger partial charge in [0.05, 0.1) is 19.6 Å². The molecule has 6 fully saturated rings. The number of fused-ring (bicyclic) bond motifs is 1. The average Bonchev–Trinajstić information content (AvgIpc) is 2.24. The van der Waals surface area contributed by atoms with Crippen molar-refractivity contribution in [1.29, 1.82) is 0 Å². The molecule has 0 aromatic carbocycles. The molecule has 1 spiro atoms. The molecule has 4 heterocycles. The van der Waals surface area contributed by atoms with Gasteiger partial charge in [-0.3, -0.25) is 4.79 Å². The van der Waals surface area contributed by atoms with E-state index >= 15 is 0 Å². The standard InChI is InChI=1S/C15H24O3Si/c1-13-9-15(19(2,3)4)10-7-5-6-8-14(10,18-13)11(15)12(16)17-13/h10-11H,5-9H2,1-4H3/t10-,11-,13?,14-,15?/m1/s1. The largest absolute Gasteiger partial charge is 0.433 e. The van der Waals surface area contributed by atoms with Crippen molar-refractivity contribution in [2.24, 2.45) is 11.8 Å². The van der Waals surface area contributed by atoms with E-state index in [0.29, 0.717) is 5.92 Å². The van der Waals surface area contributed by atoms with Crippen LogP contribution in [0.25, 0.3) is 0 Å². The van der Waals surface area contributed by atoms with Gasteiger partial charge in [-0.25, -0.2) is 0 Å². The Morgan fingerprint density at radius 3 is 2.63 bits per heavy atom. The van der Waals surface area contributed by atoms with Gasteiger partial charge >= 0.3 is 5.97 Å². The fourth-order valence-corrected chi connectivity index (χ4v) is 9.60. The van der Waals surface area contributed by atoms with E-state index in [4.69, 9.17) is 9.47 Å². The molecule has 0 radical (unpaired) electrons. The van der Waals surface area contributed by atoms with Crippen molar-refractivity contribution in [3.05, 3.63) is 0 Å². The lowest BCUT2D eigenvalue weighted by molar-refractivity contribution is -0.421. The summed E-state index contributed by atoms with van der Waals surface area (Å²) in [6.45, 7) is 9.29. The molecular weight excluding hydrogens is 256 g/mol. The van der Waals surface area contributed by atoms with E-state index in [1.807, 2.05) is 6.92 Å². The van der Waals surface area contributed by atoms with Crippen LogP contribution in [0.15, 0.2) is 0 Å². The van der Waals surface area contributed by atoms with E-state index in [9.17, 15) is 4.79 Å². The van der Waals surface area contributed by atoms with Crippen LogP contribution in [-0.4, -0.2) is 25.4 Å². The van der Waals surface area contributed by atoms with Gasteiger partial charge in [-0.15, -0.1) is 0 Å². The molecule has 5 atom stereocenters. The molecular formula is C15H24O3Si. The molecule has 2 aliphatic carbocycles. The Morgan fingerprint density at radius 2 is 2.00 bits per heavy atom. The Labute approximate surface area is 116 Å². The highest BCUT2D eigenvalue weighted by Crippen LogP contribution is 2.82. The lowest BCUT2D eigenvalue weighted by Crippen LogP contribution is -2.85. The first-order valence-corrected chi connectivity index (χ1v) is 11.2. The van der Waals surface area contributed by atoms with Crippen LogP contribution in [0, 0.1) is 11.8 Å². The van der Waals surface area contributed by atoms with Crippen molar-refractivity contribution in [3.8, 4) is 0 Å². The van der Waals surface area contributed by atoms with Gasteiger partial charge in [0.15, 0.2) is 0 Å². The summed E-state index contributed by atoms with van der Waals surface area (Å²) in [5.41, 5.74) is -0.152. The zero-order chi connectivity index (χ0) is 13.7. The summed E-state index contributed by atoms with van der Waals surface area (Å²) in [6.07, 6.45) is 5.78. The summed E-state index contributed by atoms with van der Waals surface area (Å²) < 4.78 is 12.0. The first kappa shape index (κ1) is 12.4. The Bertz CT molecular complexity index is 471. The second-order valence-electron chi connectivity index (χ2n) is 8.31. The van der Waals surface area contributed by atoms with Gasteiger partial charge in [-0.05, 0) is 23.8 Å². The van der Waals surface area contributed by atoms with E-state index in [0.717, 1.165) is 12.8 Å². The Balaban J connectivity index is 1.90. The number of ether oxygens (including phenoxy) is 2. The van der Waals surface area contributed by atoms with Crippen LogP contribution in [0.3, 0.4) is 0 Å². The third-order valence-electron chi connectivity index (χ3n) is 6.49. The summed E-state index contributed by atoms with van der Waals surface area (Å²) in [7, 11) is -1.45. The van der Waals surface area contributed by atoms with Crippen LogP contribution < -0.4 is 0 Å². The summed E-state index contributed by atoms with van der Waals surface area (Å²) in [6, 6.07) is 0. The monoisotopic (exact) mass is 280 g/mol. The predicted molar refractivity (Wildman–Crippen MR) is 74.4 cm³/mol. The minimum absolute atomic E-state index is 0.0405. The minimum atomic E-state index is -1.45. The van der Waals surface area contributed by atoms with Gasteiger partial charge in [0.25, 0.3) is 0 Å². The summed E-state index contributed by atoms with van der Waals surface area (Å²) >= 11 is 0. The second kappa shape index (κ2) is 3.11. The first-order chi connectivity index (χ1) is 8.75. The van der Waals surface area contributed by atoms with Crippen molar-refractivity contribution in [2.45, 2.75) is 75.1 Å². The minimum Gasteiger partial charge on any atom is -0.433 e. The highest BCUT2D eigenvalue weighted by Gasteiger charge is 2.85. The van der Waals surface area contributed by atoms with E-state index < -0.39 is 13.9 Å². The SMILES string of the molecule is CC12CC3([Si](C)(C)C)[C@@H]4CCCC[C@]4(O1)[C@H]3C(=O)O2. The lowest BCUT2D eigenvalue weighted by atomic mass is 9.43. The average molecular weight is 280 g/mol. The number of hydrogen-bond donors (Lipinski definition) is 0. The second-order valence-corrected chi connectivity index (χ2v) is 13.7. The molecule has 3 nitrogen and oxygen atoms in total. The molecule has 4 aliphatic heterocycles. The highest BCUT2D eigenvalue weighted by molar-refractivity contribution is 6.80. The van der Waals surface area contributed by atoms with E-state index in [2.05, 4.69) is 19.6 Å². The van der Waals surface area contributed by atoms with Crippen molar-refractivity contribution in [2.75, 3.05) is 0 Å². The van der Waals surface area contributed by atoms with Crippen molar-refractivity contribution >= 4 is 14.0 Å². The zero-order valence-electron chi connectivity index (χ0n) is 12.4. The number of esters is 1. The maximum absolute atomic E-state index is 12.5. The maximum atomic E-state index is 12.5. The number of rotatable bonds is 1. The van der Waals surface area contributed by atoms with E-state index in [1.165, 1.54) is 19.3 Å². The summed E-state index contributed by atoms with van der Waals surface area (Å²) in [5.74, 6) is 0.0608. The third kappa shape index (κ3) is 1.14. The molecule has 2 unspecified atom stereocenters. The molecule has 6 aliphatic rings. The summed E-state index contributed by atoms with van der Waals surface area (Å²) in [5, 5.41) is 0.232. The smallest absolute Gasteiger partial charge is 0.314 e. The van der Waals surface area contributed by atoms with E-state index in [-0.39, 0.29) is 22.5 Å². The predicted octanol–water partition coefficient (Wildman–Crippen LogP) is 3.32. The quantitative estimate of drug-likeness (QED) is 0.546. The fraction of sp³-hybridized carbons (Fsp3) is 0.933. The van der Waals surface area contributed by atoms with Gasteiger partial charge in [-0.2, -0.15) is 0 Å². The fourth-order valence-electron chi connectivity index (χ4n) is 6.08. The van der Waals surface area contributed by atoms with Crippen LogP contribution in [0.5, 0.6) is 0 Å². The van der Waals surface area contributed by atoms with E-state index in [1.54, 1.807) is 0 Å². The molecule has 0 aromatic heterocycles. The molecule has 0 N–H and O–H groups in total. The molecule has 106 valence electrons. The first-order valence-electron chi connectivity index (χ1n) is 7.68. The van der Waals surface area contributed by atoms with Gasteiger partial charge in [0.2, 0.25) is 5.79 Å². The summed E-state index contributed by atoms with van der Waals surface area (Å²) in [4.78, 5) is 12.5. The van der Waals surface area contributed by atoms with Crippen molar-refractivity contribution in [3.63, 3.8) is 0 Å². The lowest BCUT2D eigenvalue weighted by Gasteiger charge is -2.80. The van der Waals surface area contributed by atoms with Crippen molar-refractivity contribution in [1.82, 2.24) is 0 Å². The Kier molecular flexibility index (Phi) is 2.03. The number of carbonyl (C=O) groups is 1. The normalized spacial score (nSPS) is 55.3. The topological polar surface area (TPSA) is 35.5 Å². The van der Waals surface area contributed by atoms with Crippen LogP contribution in [0.4, 0.5) is 0 Å². The molecule has 6 rings (SSSR count). The molecule has 4 bridgehead atoms. The van der Waals surface area contributed by atoms with Crippen molar-refractivity contribution < 1.29 is 14.3 Å². The zero-order valence-corrected chi connectivity index (χ0v) is 13.4. The molecule has 2 saturated carbocycles. The molecule has 0 aromatic rings. The highest BCUT2D eigenvalue weighted by atomic mass is 28.3. The van der Waals surface area contributed by atoms with Crippen LogP contribution in [0.1, 0.15) is 39.0 Å². The third-order valence-corrected chi connectivity index (χ3v) is 10.1. The maximum Gasteiger partial charge on any atom is 0.314 e. The Hall–Kier alpha value is -0.353. The van der Waals surface area contributed by atoms with Gasteiger partial charge < -0.3 is 9.47 Å². The molecule has 0 amide bonds. The molecule has 4 saturated heterocycles. The molecule has 19 heavy (non-hydrogen) atoms. The van der Waals surface area contributed by atoms with Crippen LogP contribution in [-0.2, 0) is 14.3 Å².